The summed E-state index contributed by atoms with van der Waals surface area (Å²) in [4.78, 5) is 13.4. The van der Waals surface area contributed by atoms with E-state index in [-0.39, 0.29) is 48.4 Å². The SMILES string of the molecule is CCCCCCCCCCCCCCCCCCCCC/C=C/C(=O)N(C)CCCS(=O)(=O)[O-].[Na+]. The molecular weight excluding hydrogens is 469 g/mol. The zero-order chi connectivity index (χ0) is 25.3. The second kappa shape index (κ2) is 27.2. The van der Waals surface area contributed by atoms with Crippen LogP contribution in [0.3, 0.4) is 0 Å². The van der Waals surface area contributed by atoms with Crippen molar-refractivity contribution >= 4 is 16.0 Å². The van der Waals surface area contributed by atoms with Gasteiger partial charge in [-0.15, -0.1) is 0 Å². The molecule has 0 aromatic carbocycles. The van der Waals surface area contributed by atoms with Gasteiger partial charge in [0.2, 0.25) is 5.91 Å². The van der Waals surface area contributed by atoms with Crippen LogP contribution in [0.5, 0.6) is 0 Å². The second-order valence-corrected chi connectivity index (χ2v) is 11.5. The molecule has 0 unspecified atom stereocenters. The molecule has 7 heteroatoms. The summed E-state index contributed by atoms with van der Waals surface area (Å²) in [6.45, 7) is 2.56. The van der Waals surface area contributed by atoms with Gasteiger partial charge >= 0.3 is 29.6 Å². The van der Waals surface area contributed by atoms with Gasteiger partial charge in [-0.1, -0.05) is 129 Å². The Kier molecular flexibility index (Phi) is 28.9. The summed E-state index contributed by atoms with van der Waals surface area (Å²) in [6, 6.07) is 0. The maximum absolute atomic E-state index is 11.9. The number of rotatable bonds is 25. The van der Waals surface area contributed by atoms with Crippen LogP contribution < -0.4 is 29.6 Å². The first-order valence-corrected chi connectivity index (χ1v) is 15.8. The first-order valence-electron chi connectivity index (χ1n) is 14.2. The molecule has 0 saturated carbocycles. The quantitative estimate of drug-likeness (QED) is 0.0748. The summed E-state index contributed by atoms with van der Waals surface area (Å²) in [5.41, 5.74) is 0. The monoisotopic (exact) mass is 523 g/mol. The van der Waals surface area contributed by atoms with E-state index in [0.29, 0.717) is 0 Å². The fraction of sp³-hybridized carbons (Fsp3) is 0.893. The predicted molar refractivity (Wildman–Crippen MR) is 144 cm³/mol. The van der Waals surface area contributed by atoms with E-state index >= 15 is 0 Å². The summed E-state index contributed by atoms with van der Waals surface area (Å²) in [6.07, 6.45) is 30.5. The van der Waals surface area contributed by atoms with E-state index in [9.17, 15) is 17.8 Å². The maximum Gasteiger partial charge on any atom is 1.00 e. The first-order chi connectivity index (χ1) is 16.4. The molecule has 0 fully saturated rings. The van der Waals surface area contributed by atoms with Gasteiger partial charge in [-0.3, -0.25) is 4.79 Å². The number of likely N-dealkylation sites (N-methyl/N-ethyl adjacent to an activating group) is 1. The minimum atomic E-state index is -4.20. The van der Waals surface area contributed by atoms with Crippen LogP contribution in [0.15, 0.2) is 12.2 Å². The van der Waals surface area contributed by atoms with Gasteiger partial charge in [-0.05, 0) is 25.3 Å². The molecule has 0 atom stereocenters. The van der Waals surface area contributed by atoms with Gasteiger partial charge in [0, 0.05) is 19.3 Å². The van der Waals surface area contributed by atoms with Crippen molar-refractivity contribution in [2.75, 3.05) is 19.3 Å². The van der Waals surface area contributed by atoms with Crippen LogP contribution >= 0.6 is 0 Å². The molecule has 0 aliphatic rings. The van der Waals surface area contributed by atoms with Gasteiger partial charge in [0.15, 0.2) is 0 Å². The van der Waals surface area contributed by atoms with E-state index in [1.54, 1.807) is 13.1 Å². The molecule has 0 bridgehead atoms. The third-order valence-electron chi connectivity index (χ3n) is 6.50. The van der Waals surface area contributed by atoms with Crippen molar-refractivity contribution in [1.29, 1.82) is 0 Å². The molecule has 1 amide bonds. The first kappa shape index (κ1) is 37.3. The standard InChI is InChI=1S/C28H55NO4S.Na/c1-3-4-5-6-7-8-9-10-11-12-13-14-15-16-17-18-19-20-21-22-23-25-28(30)29(2)26-24-27-34(31,32)33;/h23,25H,3-22,24,26-27H2,1-2H3,(H,31,32,33);/q;+1/p-1/b25-23+;. The van der Waals surface area contributed by atoms with Gasteiger partial charge in [-0.2, -0.15) is 0 Å². The number of hydrogen-bond donors (Lipinski definition) is 0. The van der Waals surface area contributed by atoms with Crippen molar-refractivity contribution in [2.45, 2.75) is 142 Å². The summed E-state index contributed by atoms with van der Waals surface area (Å²) in [5.74, 6) is -0.561. The number of amides is 1. The van der Waals surface area contributed by atoms with Crippen molar-refractivity contribution in [3.8, 4) is 0 Å². The molecule has 0 aliphatic carbocycles. The van der Waals surface area contributed by atoms with E-state index < -0.39 is 15.9 Å². The van der Waals surface area contributed by atoms with Crippen LogP contribution in [-0.4, -0.2) is 43.1 Å². The van der Waals surface area contributed by atoms with Crippen molar-refractivity contribution in [3.63, 3.8) is 0 Å². The fourth-order valence-electron chi connectivity index (χ4n) is 4.24. The third-order valence-corrected chi connectivity index (χ3v) is 7.29. The van der Waals surface area contributed by atoms with Gasteiger partial charge in [-0.25, -0.2) is 8.42 Å². The van der Waals surface area contributed by atoms with Crippen molar-refractivity contribution in [2.24, 2.45) is 0 Å². The Morgan fingerprint density at radius 1 is 0.686 bits per heavy atom. The molecule has 0 saturated heterocycles. The molecular formula is C28H54NNaO4S. The average Bonchev–Trinajstić information content (AvgIpc) is 2.79. The Hall–Kier alpha value is 0.120. The van der Waals surface area contributed by atoms with E-state index in [1.807, 2.05) is 6.08 Å². The van der Waals surface area contributed by atoms with E-state index in [2.05, 4.69) is 6.92 Å². The van der Waals surface area contributed by atoms with Gasteiger partial charge in [0.25, 0.3) is 0 Å². The molecule has 0 N–H and O–H groups in total. The Labute approximate surface area is 240 Å². The Morgan fingerprint density at radius 3 is 1.43 bits per heavy atom. The number of carbonyl (C=O) groups is 1. The number of hydrogen-bond acceptors (Lipinski definition) is 4. The van der Waals surface area contributed by atoms with Gasteiger partial charge in [0.1, 0.15) is 0 Å². The van der Waals surface area contributed by atoms with Crippen molar-refractivity contribution < 1.29 is 47.3 Å². The molecule has 35 heavy (non-hydrogen) atoms. The third kappa shape index (κ3) is 30.2. The Balaban J connectivity index is 0. The van der Waals surface area contributed by atoms with Crippen LogP contribution in [0.1, 0.15) is 142 Å². The zero-order valence-corrected chi connectivity index (χ0v) is 26.2. The minimum Gasteiger partial charge on any atom is -0.748 e. The van der Waals surface area contributed by atoms with Gasteiger partial charge < -0.3 is 9.45 Å². The summed E-state index contributed by atoms with van der Waals surface area (Å²) >= 11 is 0. The number of carbonyl (C=O) groups excluding carboxylic acids is 1. The molecule has 0 rings (SSSR count). The summed E-state index contributed by atoms with van der Waals surface area (Å²) < 4.78 is 31.7. The van der Waals surface area contributed by atoms with Crippen LogP contribution in [0.2, 0.25) is 0 Å². The average molecular weight is 524 g/mol. The fourth-order valence-corrected chi connectivity index (χ4v) is 4.72. The largest absolute Gasteiger partial charge is 1.00 e. The van der Waals surface area contributed by atoms with Crippen LogP contribution in [0.25, 0.3) is 0 Å². The van der Waals surface area contributed by atoms with Crippen molar-refractivity contribution in [3.05, 3.63) is 12.2 Å². The van der Waals surface area contributed by atoms with Crippen molar-refractivity contribution in [1.82, 2.24) is 4.90 Å². The van der Waals surface area contributed by atoms with Crippen LogP contribution in [-0.2, 0) is 14.9 Å². The molecule has 0 spiro atoms. The normalized spacial score (nSPS) is 11.6. The van der Waals surface area contributed by atoms with E-state index in [4.69, 9.17) is 0 Å². The second-order valence-electron chi connectivity index (χ2n) is 9.93. The number of nitrogens with zero attached hydrogens (tertiary/aromatic N) is 1. The van der Waals surface area contributed by atoms with E-state index in [0.717, 1.165) is 12.8 Å². The maximum atomic E-state index is 11.9. The molecule has 5 nitrogen and oxygen atoms in total. The molecule has 0 aliphatic heterocycles. The molecule has 0 radical (unpaired) electrons. The minimum absolute atomic E-state index is 0. The number of allylic oxidation sites excluding steroid dienone is 1. The number of unbranched alkanes of at least 4 members (excludes halogenated alkanes) is 19. The smallest absolute Gasteiger partial charge is 0.748 e. The van der Waals surface area contributed by atoms with Crippen LogP contribution in [0.4, 0.5) is 0 Å². The van der Waals surface area contributed by atoms with Crippen LogP contribution in [0, 0.1) is 0 Å². The Morgan fingerprint density at radius 2 is 1.06 bits per heavy atom. The molecule has 0 aromatic rings. The molecule has 0 heterocycles. The molecule has 0 aromatic heterocycles. The Bertz CT molecular complexity index is 596. The van der Waals surface area contributed by atoms with Gasteiger partial charge in [0.05, 0.1) is 10.1 Å². The predicted octanol–water partition coefficient (Wildman–Crippen LogP) is 4.76. The summed E-state index contributed by atoms with van der Waals surface area (Å²) in [5, 5.41) is 0. The topological polar surface area (TPSA) is 77.5 Å². The van der Waals surface area contributed by atoms with E-state index in [1.165, 1.54) is 120 Å². The zero-order valence-electron chi connectivity index (χ0n) is 23.4. The molecule has 202 valence electrons. The summed E-state index contributed by atoms with van der Waals surface area (Å²) in [7, 11) is -2.57.